The fourth-order valence-corrected chi connectivity index (χ4v) is 3.48. The van der Waals surface area contributed by atoms with E-state index in [1.165, 1.54) is 12.1 Å². The number of hydrogen-bond acceptors (Lipinski definition) is 7. The van der Waals surface area contributed by atoms with E-state index in [1.807, 2.05) is 12.3 Å². The summed E-state index contributed by atoms with van der Waals surface area (Å²) in [5.74, 6) is 0.912. The first-order valence-corrected chi connectivity index (χ1v) is 8.98. The van der Waals surface area contributed by atoms with Crippen molar-refractivity contribution in [2.45, 2.75) is 32.7 Å². The van der Waals surface area contributed by atoms with E-state index in [0.29, 0.717) is 28.2 Å². The van der Waals surface area contributed by atoms with Gasteiger partial charge < -0.3 is 5.32 Å². The Bertz CT molecular complexity index is 1020. The number of nitriles is 1. The molecule has 0 saturated heterocycles. The van der Waals surface area contributed by atoms with E-state index in [2.05, 4.69) is 35.2 Å². The average molecular weight is 367 g/mol. The van der Waals surface area contributed by atoms with Crippen molar-refractivity contribution in [1.82, 2.24) is 9.97 Å². The number of fused-ring (bicyclic) bond motifs is 1. The third kappa shape index (κ3) is 3.48. The maximum absolute atomic E-state index is 10.9. The van der Waals surface area contributed by atoms with Crippen LogP contribution in [0.5, 0.6) is 0 Å². The van der Waals surface area contributed by atoms with Crippen molar-refractivity contribution in [1.29, 1.82) is 5.26 Å². The van der Waals surface area contributed by atoms with Gasteiger partial charge in [-0.1, -0.05) is 13.8 Å². The lowest BCUT2D eigenvalue weighted by Crippen LogP contribution is -2.09. The first-order chi connectivity index (χ1) is 12.4. The molecule has 0 aliphatic heterocycles. The van der Waals surface area contributed by atoms with Crippen molar-refractivity contribution in [2.24, 2.45) is 0 Å². The number of non-ortho nitro benzene ring substituents is 1. The highest BCUT2D eigenvalue weighted by Gasteiger charge is 2.15. The molecule has 0 aliphatic rings. The number of rotatable bonds is 5. The molecular formula is C18H17N5O2S. The number of nitrogens with one attached hydrogen (secondary N) is 1. The molecule has 0 saturated carbocycles. The third-order valence-electron chi connectivity index (χ3n) is 3.97. The standard InChI is InChI=1S/C18H17N5O2S/c1-10(2)18-22-16(9-26-18)11(3)20-17-6-12(8-19)14-7-13(23(24)25)4-5-15(14)21-17/h4-7,9-11H,1-3H3,(H,20,21). The van der Waals surface area contributed by atoms with Gasteiger partial charge in [0.25, 0.3) is 5.69 Å². The zero-order valence-electron chi connectivity index (χ0n) is 14.6. The van der Waals surface area contributed by atoms with E-state index in [9.17, 15) is 15.4 Å². The molecule has 1 atom stereocenters. The van der Waals surface area contributed by atoms with Crippen molar-refractivity contribution in [2.75, 3.05) is 5.32 Å². The van der Waals surface area contributed by atoms with Crippen LogP contribution in [0, 0.1) is 21.4 Å². The van der Waals surface area contributed by atoms with Gasteiger partial charge in [-0.3, -0.25) is 10.1 Å². The summed E-state index contributed by atoms with van der Waals surface area (Å²) in [5.41, 5.74) is 1.73. The number of aromatic nitrogens is 2. The van der Waals surface area contributed by atoms with E-state index >= 15 is 0 Å². The molecule has 3 rings (SSSR count). The molecule has 1 unspecified atom stereocenters. The number of benzene rings is 1. The van der Waals surface area contributed by atoms with Crippen LogP contribution in [0.15, 0.2) is 29.6 Å². The number of thiazole rings is 1. The van der Waals surface area contributed by atoms with Crippen molar-refractivity contribution in [3.63, 3.8) is 0 Å². The van der Waals surface area contributed by atoms with Crippen molar-refractivity contribution in [3.8, 4) is 6.07 Å². The molecule has 3 aromatic rings. The Hall–Kier alpha value is -3.05. The predicted octanol–water partition coefficient (Wildman–Crippen LogP) is 4.77. The Labute approximate surface area is 154 Å². The quantitative estimate of drug-likeness (QED) is 0.514. The number of anilines is 1. The summed E-state index contributed by atoms with van der Waals surface area (Å²) in [6.45, 7) is 6.18. The molecule has 2 aromatic heterocycles. The minimum absolute atomic E-state index is 0.0615. The highest BCUT2D eigenvalue weighted by Crippen LogP contribution is 2.28. The SMILES string of the molecule is CC(C)c1nc(C(C)Nc2cc(C#N)c3cc([N+](=O)[O-])ccc3n2)cs1. The van der Waals surface area contributed by atoms with Gasteiger partial charge in [0.15, 0.2) is 0 Å². The Morgan fingerprint density at radius 3 is 2.65 bits per heavy atom. The van der Waals surface area contributed by atoms with Crippen LogP contribution >= 0.6 is 11.3 Å². The van der Waals surface area contributed by atoms with Gasteiger partial charge in [0.2, 0.25) is 0 Å². The lowest BCUT2D eigenvalue weighted by atomic mass is 10.1. The Morgan fingerprint density at radius 2 is 2.04 bits per heavy atom. The summed E-state index contributed by atoms with van der Waals surface area (Å²) in [6.07, 6.45) is 0. The van der Waals surface area contributed by atoms with Gasteiger partial charge in [-0.15, -0.1) is 11.3 Å². The monoisotopic (exact) mass is 367 g/mol. The topological polar surface area (TPSA) is 105 Å². The first-order valence-electron chi connectivity index (χ1n) is 8.10. The molecule has 0 amide bonds. The number of hydrogen-bond donors (Lipinski definition) is 1. The summed E-state index contributed by atoms with van der Waals surface area (Å²) < 4.78 is 0. The highest BCUT2D eigenvalue weighted by atomic mass is 32.1. The zero-order valence-corrected chi connectivity index (χ0v) is 15.4. The molecule has 0 aliphatic carbocycles. The second kappa shape index (κ2) is 7.06. The lowest BCUT2D eigenvalue weighted by molar-refractivity contribution is -0.384. The van der Waals surface area contributed by atoms with E-state index in [0.717, 1.165) is 10.7 Å². The predicted molar refractivity (Wildman–Crippen MR) is 101 cm³/mol. The van der Waals surface area contributed by atoms with Crippen LogP contribution in [0.25, 0.3) is 10.9 Å². The maximum atomic E-state index is 10.9. The van der Waals surface area contributed by atoms with E-state index in [1.54, 1.807) is 23.5 Å². The largest absolute Gasteiger partial charge is 0.362 e. The van der Waals surface area contributed by atoms with Crippen LogP contribution < -0.4 is 5.32 Å². The molecule has 0 spiro atoms. The van der Waals surface area contributed by atoms with Gasteiger partial charge in [-0.05, 0) is 19.1 Å². The molecule has 1 N–H and O–H groups in total. The van der Waals surface area contributed by atoms with Crippen LogP contribution in [-0.2, 0) is 0 Å². The summed E-state index contributed by atoms with van der Waals surface area (Å²) >= 11 is 1.62. The average Bonchev–Trinajstić information content (AvgIpc) is 3.11. The van der Waals surface area contributed by atoms with Gasteiger partial charge in [0, 0.05) is 28.8 Å². The summed E-state index contributed by atoms with van der Waals surface area (Å²) in [7, 11) is 0. The zero-order chi connectivity index (χ0) is 18.8. The van der Waals surface area contributed by atoms with Crippen LogP contribution in [0.4, 0.5) is 11.5 Å². The molecule has 1 aromatic carbocycles. The van der Waals surface area contributed by atoms with Gasteiger partial charge in [0.05, 0.1) is 38.8 Å². The molecular weight excluding hydrogens is 350 g/mol. The van der Waals surface area contributed by atoms with Crippen LogP contribution in [0.2, 0.25) is 0 Å². The number of nitro groups is 1. The van der Waals surface area contributed by atoms with E-state index in [4.69, 9.17) is 0 Å². The third-order valence-corrected chi connectivity index (χ3v) is 5.13. The minimum Gasteiger partial charge on any atom is -0.362 e. The smallest absolute Gasteiger partial charge is 0.270 e. The van der Waals surface area contributed by atoms with Gasteiger partial charge in [-0.25, -0.2) is 9.97 Å². The second-order valence-corrected chi connectivity index (χ2v) is 7.15. The fourth-order valence-electron chi connectivity index (χ4n) is 2.55. The second-order valence-electron chi connectivity index (χ2n) is 6.26. The van der Waals surface area contributed by atoms with Crippen molar-refractivity contribution < 1.29 is 4.92 Å². The van der Waals surface area contributed by atoms with Crippen LogP contribution in [0.1, 0.15) is 49.0 Å². The maximum Gasteiger partial charge on any atom is 0.270 e. The Kier molecular flexibility index (Phi) is 4.82. The fraction of sp³-hybridized carbons (Fsp3) is 0.278. The van der Waals surface area contributed by atoms with Gasteiger partial charge in [-0.2, -0.15) is 5.26 Å². The van der Waals surface area contributed by atoms with Crippen LogP contribution in [-0.4, -0.2) is 14.9 Å². The minimum atomic E-state index is -0.483. The van der Waals surface area contributed by atoms with Crippen molar-refractivity contribution in [3.05, 3.63) is 56.0 Å². The molecule has 0 bridgehead atoms. The summed E-state index contributed by atoms with van der Waals surface area (Å²) in [6, 6.07) is 7.95. The normalized spacial score (nSPS) is 12.1. The molecule has 26 heavy (non-hydrogen) atoms. The molecule has 132 valence electrons. The molecule has 8 heteroatoms. The number of nitrogens with zero attached hydrogens (tertiary/aromatic N) is 4. The highest BCUT2D eigenvalue weighted by molar-refractivity contribution is 7.09. The number of pyridine rings is 1. The number of nitro benzene ring substituents is 1. The van der Waals surface area contributed by atoms with Gasteiger partial charge in [0.1, 0.15) is 5.82 Å². The molecule has 2 heterocycles. The molecule has 0 fully saturated rings. The van der Waals surface area contributed by atoms with E-state index < -0.39 is 4.92 Å². The van der Waals surface area contributed by atoms with Crippen LogP contribution in [0.3, 0.4) is 0 Å². The molecule has 7 nitrogen and oxygen atoms in total. The van der Waals surface area contributed by atoms with Gasteiger partial charge >= 0.3 is 0 Å². The summed E-state index contributed by atoms with van der Waals surface area (Å²) in [5, 5.41) is 27.2. The molecule has 0 radical (unpaired) electrons. The Balaban J connectivity index is 1.93. The van der Waals surface area contributed by atoms with Crippen molar-refractivity contribution >= 4 is 33.7 Å². The Morgan fingerprint density at radius 1 is 1.27 bits per heavy atom. The van der Waals surface area contributed by atoms with E-state index in [-0.39, 0.29) is 11.7 Å². The lowest BCUT2D eigenvalue weighted by Gasteiger charge is -2.13. The summed E-state index contributed by atoms with van der Waals surface area (Å²) in [4.78, 5) is 19.6. The first kappa shape index (κ1) is 17.8.